The molecule has 0 spiro atoms. The van der Waals surface area contributed by atoms with Crippen LogP contribution in [-0.4, -0.2) is 15.0 Å². The second-order valence-corrected chi connectivity index (χ2v) is 8.23. The summed E-state index contributed by atoms with van der Waals surface area (Å²) in [5.41, 5.74) is 4.07. The van der Waals surface area contributed by atoms with E-state index in [1.807, 2.05) is 42.5 Å². The fourth-order valence-corrected chi connectivity index (χ4v) is 4.47. The molecular formula is C29H18ClN3. The van der Waals surface area contributed by atoms with E-state index in [2.05, 4.69) is 76.7 Å². The van der Waals surface area contributed by atoms with Crippen molar-refractivity contribution in [2.75, 3.05) is 0 Å². The molecule has 156 valence electrons. The van der Waals surface area contributed by atoms with Gasteiger partial charge in [0.15, 0.2) is 11.6 Å². The summed E-state index contributed by atoms with van der Waals surface area (Å²) < 4.78 is 0. The number of rotatable bonds is 3. The Kier molecular flexibility index (Phi) is 4.82. The van der Waals surface area contributed by atoms with Gasteiger partial charge in [0.05, 0.1) is 0 Å². The molecule has 3 nitrogen and oxygen atoms in total. The van der Waals surface area contributed by atoms with Gasteiger partial charge < -0.3 is 0 Å². The molecule has 33 heavy (non-hydrogen) atoms. The Morgan fingerprint density at radius 1 is 0.455 bits per heavy atom. The summed E-state index contributed by atoms with van der Waals surface area (Å²) in [4.78, 5) is 13.8. The van der Waals surface area contributed by atoms with Crippen LogP contribution in [0.1, 0.15) is 0 Å². The van der Waals surface area contributed by atoms with Gasteiger partial charge in [-0.05, 0) is 56.4 Å². The first-order valence-corrected chi connectivity index (χ1v) is 11.1. The molecule has 1 aromatic heterocycles. The maximum atomic E-state index is 6.41. The lowest BCUT2D eigenvalue weighted by Gasteiger charge is -2.11. The van der Waals surface area contributed by atoms with Crippen LogP contribution >= 0.6 is 11.6 Å². The second kappa shape index (κ2) is 8.12. The average molecular weight is 444 g/mol. The van der Waals surface area contributed by atoms with E-state index in [1.54, 1.807) is 0 Å². The minimum Gasteiger partial charge on any atom is -0.208 e. The normalized spacial score (nSPS) is 11.2. The molecule has 6 aromatic rings. The minimum atomic E-state index is 0.178. The molecule has 1 heterocycles. The van der Waals surface area contributed by atoms with E-state index in [0.717, 1.165) is 38.4 Å². The Bertz CT molecular complexity index is 1630. The number of halogens is 1. The number of nitrogens with zero attached hydrogens (tertiary/aromatic N) is 3. The summed E-state index contributed by atoms with van der Waals surface area (Å²) >= 11 is 6.41. The Morgan fingerprint density at radius 2 is 1.09 bits per heavy atom. The summed E-state index contributed by atoms with van der Waals surface area (Å²) in [6.45, 7) is 0. The van der Waals surface area contributed by atoms with Gasteiger partial charge in [-0.15, -0.1) is 0 Å². The Hall–Kier alpha value is -4.08. The molecule has 0 radical (unpaired) electrons. The Morgan fingerprint density at radius 3 is 1.94 bits per heavy atom. The fourth-order valence-electron chi connectivity index (χ4n) is 4.31. The van der Waals surface area contributed by atoms with E-state index in [4.69, 9.17) is 16.6 Å². The lowest BCUT2D eigenvalue weighted by molar-refractivity contribution is 1.07. The van der Waals surface area contributed by atoms with Gasteiger partial charge >= 0.3 is 0 Å². The Balaban J connectivity index is 1.54. The zero-order valence-electron chi connectivity index (χ0n) is 17.6. The highest BCUT2D eigenvalue weighted by Gasteiger charge is 2.14. The molecule has 0 aliphatic carbocycles. The quantitative estimate of drug-likeness (QED) is 0.261. The number of hydrogen-bond acceptors (Lipinski definition) is 3. The molecule has 0 saturated carbocycles. The van der Waals surface area contributed by atoms with E-state index in [9.17, 15) is 0 Å². The van der Waals surface area contributed by atoms with Crippen molar-refractivity contribution in [1.82, 2.24) is 15.0 Å². The summed E-state index contributed by atoms with van der Waals surface area (Å²) in [6, 6.07) is 37.3. The first kappa shape index (κ1) is 19.6. The third-order valence-corrected chi connectivity index (χ3v) is 6.01. The molecule has 0 N–H and O–H groups in total. The fraction of sp³-hybridized carbons (Fsp3) is 0. The van der Waals surface area contributed by atoms with Crippen molar-refractivity contribution in [3.63, 3.8) is 0 Å². The first-order chi connectivity index (χ1) is 16.3. The lowest BCUT2D eigenvalue weighted by Crippen LogP contribution is -1.98. The van der Waals surface area contributed by atoms with E-state index in [-0.39, 0.29) is 5.28 Å². The number of hydrogen-bond donors (Lipinski definition) is 0. The highest BCUT2D eigenvalue weighted by atomic mass is 35.5. The van der Waals surface area contributed by atoms with Crippen molar-refractivity contribution in [3.8, 4) is 33.9 Å². The van der Waals surface area contributed by atoms with Crippen LogP contribution in [0.4, 0.5) is 0 Å². The van der Waals surface area contributed by atoms with Gasteiger partial charge in [-0.25, -0.2) is 4.98 Å². The van der Waals surface area contributed by atoms with Gasteiger partial charge in [0.1, 0.15) is 0 Å². The van der Waals surface area contributed by atoms with Gasteiger partial charge in [0.2, 0.25) is 5.28 Å². The highest BCUT2D eigenvalue weighted by molar-refractivity contribution is 6.28. The van der Waals surface area contributed by atoms with Gasteiger partial charge in [0.25, 0.3) is 0 Å². The molecule has 0 bridgehead atoms. The number of fused-ring (bicyclic) bond motifs is 3. The number of aromatic nitrogens is 3. The summed E-state index contributed by atoms with van der Waals surface area (Å²) in [7, 11) is 0. The molecule has 0 amide bonds. The molecule has 0 unspecified atom stereocenters. The molecule has 0 atom stereocenters. The van der Waals surface area contributed by atoms with Gasteiger partial charge in [0, 0.05) is 11.1 Å². The van der Waals surface area contributed by atoms with Crippen molar-refractivity contribution in [1.29, 1.82) is 0 Å². The first-order valence-electron chi connectivity index (χ1n) is 10.7. The Labute approximate surface area is 196 Å². The van der Waals surface area contributed by atoms with Crippen molar-refractivity contribution in [2.24, 2.45) is 0 Å². The van der Waals surface area contributed by atoms with Crippen LogP contribution < -0.4 is 0 Å². The second-order valence-electron chi connectivity index (χ2n) is 7.89. The molecule has 0 fully saturated rings. The van der Waals surface area contributed by atoms with Crippen molar-refractivity contribution < 1.29 is 0 Å². The predicted molar refractivity (Wildman–Crippen MR) is 136 cm³/mol. The van der Waals surface area contributed by atoms with Crippen LogP contribution in [0.5, 0.6) is 0 Å². The van der Waals surface area contributed by atoms with E-state index < -0.39 is 0 Å². The molecule has 0 aliphatic rings. The summed E-state index contributed by atoms with van der Waals surface area (Å²) in [6.07, 6.45) is 0. The molecule has 6 rings (SSSR count). The van der Waals surface area contributed by atoms with Crippen LogP contribution in [0.25, 0.3) is 55.4 Å². The predicted octanol–water partition coefficient (Wildman–Crippen LogP) is 7.83. The van der Waals surface area contributed by atoms with Crippen molar-refractivity contribution in [2.45, 2.75) is 0 Å². The highest BCUT2D eigenvalue weighted by Crippen LogP contribution is 2.34. The smallest absolute Gasteiger partial charge is 0.208 e. The zero-order chi connectivity index (χ0) is 22.2. The zero-order valence-corrected chi connectivity index (χ0v) is 18.4. The average Bonchev–Trinajstić information content (AvgIpc) is 2.88. The molecule has 0 aliphatic heterocycles. The minimum absolute atomic E-state index is 0.178. The van der Waals surface area contributed by atoms with E-state index in [0.29, 0.717) is 11.6 Å². The summed E-state index contributed by atoms with van der Waals surface area (Å²) in [5.74, 6) is 1.12. The lowest BCUT2D eigenvalue weighted by atomic mass is 9.97. The maximum Gasteiger partial charge on any atom is 0.226 e. The van der Waals surface area contributed by atoms with Crippen molar-refractivity contribution >= 4 is 33.1 Å². The summed E-state index contributed by atoms with van der Waals surface area (Å²) in [5, 5.41) is 4.76. The van der Waals surface area contributed by atoms with Crippen LogP contribution in [-0.2, 0) is 0 Å². The largest absolute Gasteiger partial charge is 0.226 e. The van der Waals surface area contributed by atoms with Crippen LogP contribution in [0, 0.1) is 0 Å². The van der Waals surface area contributed by atoms with Crippen LogP contribution in [0.3, 0.4) is 0 Å². The van der Waals surface area contributed by atoms with Gasteiger partial charge in [-0.1, -0.05) is 97.1 Å². The maximum absolute atomic E-state index is 6.41. The molecular weight excluding hydrogens is 426 g/mol. The topological polar surface area (TPSA) is 38.7 Å². The number of benzene rings is 5. The van der Waals surface area contributed by atoms with E-state index >= 15 is 0 Å². The monoisotopic (exact) mass is 443 g/mol. The van der Waals surface area contributed by atoms with Crippen LogP contribution in [0.15, 0.2) is 109 Å². The van der Waals surface area contributed by atoms with E-state index in [1.165, 1.54) is 5.39 Å². The van der Waals surface area contributed by atoms with Crippen LogP contribution in [0.2, 0.25) is 5.28 Å². The van der Waals surface area contributed by atoms with Crippen molar-refractivity contribution in [3.05, 3.63) is 114 Å². The third kappa shape index (κ3) is 3.63. The SMILES string of the molecule is Clc1nc(-c2cccc(-c3ccccc3)c2)nc(-c2cc3ccccc3c3ccccc23)n1. The molecule has 5 aromatic carbocycles. The van der Waals surface area contributed by atoms with Gasteiger partial charge in [-0.3, -0.25) is 0 Å². The van der Waals surface area contributed by atoms with Gasteiger partial charge in [-0.2, -0.15) is 9.97 Å². The standard InChI is InChI=1S/C29H18ClN3/c30-29-32-27(22-13-8-12-20(17-22)19-9-2-1-3-10-19)31-28(33-29)26-18-21-11-4-5-14-23(21)24-15-6-7-16-25(24)26/h1-18H. The third-order valence-electron chi connectivity index (χ3n) is 5.84. The molecule has 4 heteroatoms. The molecule has 0 saturated heterocycles.